The molecule has 0 unspecified atom stereocenters. The predicted molar refractivity (Wildman–Crippen MR) is 298 cm³/mol. The molecule has 0 amide bonds. The van der Waals surface area contributed by atoms with Gasteiger partial charge in [0.2, 0.25) is 0 Å². The van der Waals surface area contributed by atoms with Gasteiger partial charge in [0.05, 0.1) is 16.1 Å². The molecule has 68 heavy (non-hydrogen) atoms. The van der Waals surface area contributed by atoms with E-state index in [-0.39, 0.29) is 24.8 Å². The first-order valence-corrected chi connectivity index (χ1v) is 41.5. The third-order valence-corrected chi connectivity index (χ3v) is 23.7. The monoisotopic (exact) mass is 1160 g/mol. The first-order valence-electron chi connectivity index (χ1n) is 25.0. The summed E-state index contributed by atoms with van der Waals surface area (Å²) in [5, 5.41) is 6.17. The van der Waals surface area contributed by atoms with Crippen LogP contribution in [0.4, 0.5) is 0 Å². The van der Waals surface area contributed by atoms with Crippen molar-refractivity contribution in [2.24, 2.45) is 0 Å². The fraction of sp³-hybridized carbons (Fsp3) is 0.433. The Bertz CT molecular complexity index is 2090. The molecule has 6 aliphatic carbocycles. The van der Waals surface area contributed by atoms with Crippen LogP contribution in [0, 0.1) is 24.3 Å². The van der Waals surface area contributed by atoms with Crippen LogP contribution in [-0.2, 0) is 61.3 Å². The number of allylic oxidation sites excluding steroid dienone is 8. The molecule has 0 saturated heterocycles. The summed E-state index contributed by atoms with van der Waals surface area (Å²) < 4.78 is 3.61. The number of rotatable bonds is 4. The van der Waals surface area contributed by atoms with Gasteiger partial charge in [-0.25, -0.2) is 24.3 Å². The van der Waals surface area contributed by atoms with Crippen molar-refractivity contribution in [1.82, 2.24) is 0 Å². The van der Waals surface area contributed by atoms with E-state index in [2.05, 4.69) is 176 Å². The Labute approximate surface area is 462 Å². The molecule has 2 saturated carbocycles. The second-order valence-corrected chi connectivity index (χ2v) is 46.8. The van der Waals surface area contributed by atoms with Crippen LogP contribution in [0.1, 0.15) is 99.3 Å². The van der Waals surface area contributed by atoms with Crippen LogP contribution < -0.4 is 45.6 Å². The molecule has 6 aliphatic rings. The molecule has 4 aromatic rings. The molecule has 4 aromatic carbocycles. The molecule has 0 heterocycles. The molecule has 8 heteroatoms. The van der Waals surface area contributed by atoms with Crippen LogP contribution in [0.5, 0.6) is 0 Å². The topological polar surface area (TPSA) is 0 Å². The van der Waals surface area contributed by atoms with E-state index in [0.29, 0.717) is 0 Å². The van der Waals surface area contributed by atoms with Gasteiger partial charge in [-0.3, -0.25) is 12.2 Å². The predicted octanol–water partition coefficient (Wildman–Crippen LogP) is 8.26. The molecule has 10 rings (SSSR count). The zero-order valence-electron chi connectivity index (χ0n) is 43.9. The zero-order chi connectivity index (χ0) is 48.1. The molecule has 2 fully saturated rings. The number of fused-ring (bicyclic) bond motifs is 6. The van der Waals surface area contributed by atoms with Crippen molar-refractivity contribution in [3.8, 4) is 22.3 Å². The standard InChI is InChI=1S/2C19H25Si2.2C6H10.2C5H5.2ClH.2Zr/c2*1-20(2,3)16-9-7-14-11-15-8-10-17(21(4,5)6)13-19(15)18(14)12-16;2*1-2-4-6-5-3-1;2*1-2-4-5-3-1;;;;/h2*7,9-10,12-13H,11H2,1-6H3;2*1-5H2;2*1-3H,4H2;2*1H;;/q2*-1;;;2*-1;;;2*+2/p-2. The van der Waals surface area contributed by atoms with Gasteiger partial charge in [-0.05, 0) is 12.8 Å². The average Bonchev–Trinajstić information content (AvgIpc) is 4.12. The Morgan fingerprint density at radius 3 is 0.971 bits per heavy atom. The van der Waals surface area contributed by atoms with Gasteiger partial charge in [-0.2, -0.15) is 70.1 Å². The van der Waals surface area contributed by atoms with Gasteiger partial charge in [0, 0.05) is 16.1 Å². The minimum absolute atomic E-state index is 0. The fourth-order valence-electron chi connectivity index (χ4n) is 8.61. The van der Waals surface area contributed by atoms with Crippen molar-refractivity contribution in [3.05, 3.63) is 144 Å². The van der Waals surface area contributed by atoms with Crippen molar-refractivity contribution in [3.63, 3.8) is 0 Å². The van der Waals surface area contributed by atoms with E-state index in [9.17, 15) is 0 Å². The summed E-state index contributed by atoms with van der Waals surface area (Å²) in [5.41, 5.74) is 11.6. The molecule has 0 N–H and O–H groups in total. The van der Waals surface area contributed by atoms with Crippen molar-refractivity contribution in [2.45, 2.75) is 168 Å². The SMILES string of the molecule is C[Si](C)(C)c1c[c-]c2c(c1)-c1cc([Si](C)(C)C)ccc1C2.C[Si](C)(C)c1c[c-]c2c(c1)-c1cc([Si](C)(C)C)ccc1C2.[C-]1=CC=CC1.[C-]1=CC=CC1.[Cl-].[Cl-].[Zr+2]=[C]1CCCCC1.[Zr+2]=[C]1CCCCC1. The van der Waals surface area contributed by atoms with E-state index in [0.717, 1.165) is 25.7 Å². The van der Waals surface area contributed by atoms with Gasteiger partial charge >= 0.3 is 119 Å². The van der Waals surface area contributed by atoms with E-state index in [1.165, 1.54) is 119 Å². The molecule has 360 valence electrons. The molecule has 0 radical (unpaired) electrons. The summed E-state index contributed by atoms with van der Waals surface area (Å²) in [6.07, 6.45) is 36.7. The van der Waals surface area contributed by atoms with Crippen LogP contribution in [-0.4, -0.2) is 38.7 Å². The van der Waals surface area contributed by atoms with Crippen molar-refractivity contribution in [2.75, 3.05) is 0 Å². The van der Waals surface area contributed by atoms with Gasteiger partial charge < -0.3 is 24.8 Å². The summed E-state index contributed by atoms with van der Waals surface area (Å²) in [5.74, 6) is 0. The molecule has 0 atom stereocenters. The zero-order valence-corrected chi connectivity index (χ0v) is 54.3. The van der Waals surface area contributed by atoms with Crippen molar-refractivity contribution >= 4 is 59.5 Å². The van der Waals surface area contributed by atoms with Crippen LogP contribution in [0.3, 0.4) is 0 Å². The number of hydrogen-bond acceptors (Lipinski definition) is 0. The minimum atomic E-state index is -1.27. The Kier molecular flexibility index (Phi) is 25.4. The van der Waals surface area contributed by atoms with Crippen LogP contribution in [0.25, 0.3) is 22.3 Å². The fourth-order valence-corrected chi connectivity index (χ4v) is 14.8. The Hall–Kier alpha value is -1.21. The summed E-state index contributed by atoms with van der Waals surface area (Å²) in [4.78, 5) is 0. The van der Waals surface area contributed by atoms with Crippen molar-refractivity contribution in [1.29, 1.82) is 0 Å². The first-order chi connectivity index (χ1) is 31.1. The van der Waals surface area contributed by atoms with Crippen LogP contribution in [0.2, 0.25) is 78.6 Å². The van der Waals surface area contributed by atoms with Crippen LogP contribution >= 0.6 is 0 Å². The van der Waals surface area contributed by atoms with E-state index < -0.39 is 32.3 Å². The number of halogens is 2. The van der Waals surface area contributed by atoms with E-state index in [1.807, 2.05) is 24.3 Å². The Morgan fingerprint density at radius 1 is 0.412 bits per heavy atom. The van der Waals surface area contributed by atoms with Gasteiger partial charge in [0.25, 0.3) is 0 Å². The second kappa shape index (κ2) is 28.3. The summed E-state index contributed by atoms with van der Waals surface area (Å²) in [6, 6.07) is 30.9. The van der Waals surface area contributed by atoms with Gasteiger partial charge in [-0.1, -0.05) is 148 Å². The maximum atomic E-state index is 3.58. The Morgan fingerprint density at radius 2 is 0.735 bits per heavy atom. The molecular formula is C60H80Cl2Si4Zr2-2. The van der Waals surface area contributed by atoms with E-state index >= 15 is 0 Å². The second-order valence-electron chi connectivity index (χ2n) is 23.0. The Balaban J connectivity index is 0.000000239. The molecular weight excluding hydrogens is 1090 g/mol. The summed E-state index contributed by atoms with van der Waals surface area (Å²) in [6.45, 7) is 29.0. The van der Waals surface area contributed by atoms with E-state index in [4.69, 9.17) is 0 Å². The third kappa shape index (κ3) is 19.3. The van der Waals surface area contributed by atoms with Crippen molar-refractivity contribution < 1.29 is 73.3 Å². The number of benzene rings is 4. The van der Waals surface area contributed by atoms with Gasteiger partial charge in [-0.15, -0.1) is 24.0 Å². The molecule has 0 spiro atoms. The van der Waals surface area contributed by atoms with E-state index in [1.54, 1.807) is 65.3 Å². The number of hydrogen-bond donors (Lipinski definition) is 0. The van der Waals surface area contributed by atoms with Crippen LogP contribution in [0.15, 0.2) is 97.1 Å². The third-order valence-electron chi connectivity index (χ3n) is 13.1. The summed E-state index contributed by atoms with van der Waals surface area (Å²) in [7, 11) is -5.04. The molecule has 0 nitrogen and oxygen atoms in total. The maximum absolute atomic E-state index is 3.58. The molecule has 0 aliphatic heterocycles. The summed E-state index contributed by atoms with van der Waals surface area (Å²) >= 11 is 3.38. The quantitative estimate of drug-likeness (QED) is 0.123. The normalized spacial score (nSPS) is 15.9. The molecule has 0 bridgehead atoms. The van der Waals surface area contributed by atoms with Gasteiger partial charge in [0.15, 0.2) is 0 Å². The van der Waals surface area contributed by atoms with Gasteiger partial charge in [0.1, 0.15) is 0 Å². The first kappa shape index (κ1) is 61.1. The average molecular weight is 1170 g/mol. The molecule has 0 aromatic heterocycles.